The molecule has 0 spiro atoms. The molecule has 1 aliphatic heterocycles. The third-order valence-corrected chi connectivity index (χ3v) is 5.29. The van der Waals surface area contributed by atoms with Gasteiger partial charge in [-0.05, 0) is 32.9 Å². The quantitative estimate of drug-likeness (QED) is 0.601. The Morgan fingerprint density at radius 2 is 1.91 bits per heavy atom. The maximum Gasteiger partial charge on any atom is 0.519 e. The van der Waals surface area contributed by atoms with Crippen molar-refractivity contribution in [1.82, 2.24) is 4.48 Å². The zero-order chi connectivity index (χ0) is 17.6. The Bertz CT molecular complexity index is 702. The lowest BCUT2D eigenvalue weighted by atomic mass is 9.80. The second-order valence-corrected chi connectivity index (χ2v) is 7.26. The summed E-state index contributed by atoms with van der Waals surface area (Å²) in [5.74, 6) is -1.78. The topological polar surface area (TPSA) is 91.7 Å². The number of carbonyl (C=O) groups is 3. The van der Waals surface area contributed by atoms with Gasteiger partial charge in [0.15, 0.2) is 11.5 Å². The molecule has 2 N–H and O–H groups in total. The molecule has 2 rings (SSSR count). The first kappa shape index (κ1) is 17.6. The molecule has 124 valence electrons. The minimum Gasteiger partial charge on any atom is -0.480 e. The lowest BCUT2D eigenvalue weighted by Crippen LogP contribution is -2.59. The maximum absolute atomic E-state index is 12.8. The third kappa shape index (κ3) is 2.48. The summed E-state index contributed by atoms with van der Waals surface area (Å²) in [6.45, 7) is 4.91. The number of quaternary nitrogens is 1. The molecule has 0 aromatic heterocycles. The van der Waals surface area contributed by atoms with Crippen LogP contribution >= 0.6 is 15.9 Å². The van der Waals surface area contributed by atoms with Crippen LogP contribution in [0.3, 0.4) is 0 Å². The summed E-state index contributed by atoms with van der Waals surface area (Å²) in [6.07, 6.45) is -1.14. The number of carboxylic acid groups (broad SMARTS) is 2. The van der Waals surface area contributed by atoms with E-state index in [1.165, 1.54) is 13.0 Å². The molecule has 0 bridgehead atoms. The van der Waals surface area contributed by atoms with Gasteiger partial charge in [-0.15, -0.1) is 0 Å². The number of carboxylic acids is 1. The largest absolute Gasteiger partial charge is 0.519 e. The van der Waals surface area contributed by atoms with Crippen LogP contribution in [0.4, 0.5) is 10.5 Å². The summed E-state index contributed by atoms with van der Waals surface area (Å²) >= 11 is 3.31. The van der Waals surface area contributed by atoms with Crippen molar-refractivity contribution in [3.63, 3.8) is 0 Å². The second-order valence-electron chi connectivity index (χ2n) is 6.35. The molecule has 0 saturated carbocycles. The Morgan fingerprint density at radius 1 is 1.30 bits per heavy atom. The van der Waals surface area contributed by atoms with Crippen molar-refractivity contribution in [2.24, 2.45) is 5.41 Å². The lowest BCUT2D eigenvalue weighted by molar-refractivity contribution is -0.145. The lowest BCUT2D eigenvalue weighted by Gasteiger charge is -2.36. The first-order chi connectivity index (χ1) is 10.6. The highest BCUT2D eigenvalue weighted by atomic mass is 79.9. The Hall–Kier alpha value is -1.73. The highest BCUT2D eigenvalue weighted by molar-refractivity contribution is 9.10. The predicted octanol–water partition coefficient (Wildman–Crippen LogP) is 3.52. The van der Waals surface area contributed by atoms with Crippen molar-refractivity contribution < 1.29 is 24.6 Å². The molecule has 0 aliphatic carbocycles. The number of fused-ring (bicyclic) bond motifs is 1. The Morgan fingerprint density at radius 3 is 2.39 bits per heavy atom. The molecule has 2 unspecified atom stereocenters. The second kappa shape index (κ2) is 5.72. The number of carbonyl (C=O) groups excluding carboxylic acids is 1. The number of hydrogen-bond acceptors (Lipinski definition) is 3. The average molecular weight is 385 g/mol. The summed E-state index contributed by atoms with van der Waals surface area (Å²) in [4.78, 5) is 36.7. The fourth-order valence-electron chi connectivity index (χ4n) is 3.12. The molecule has 7 heteroatoms. The van der Waals surface area contributed by atoms with E-state index >= 15 is 0 Å². The van der Waals surface area contributed by atoms with Gasteiger partial charge in [0.2, 0.25) is 0 Å². The third-order valence-electron chi connectivity index (χ3n) is 4.79. The fraction of sp³-hybridized carbons (Fsp3) is 0.438. The molecule has 0 saturated heterocycles. The van der Waals surface area contributed by atoms with E-state index in [0.29, 0.717) is 10.2 Å². The van der Waals surface area contributed by atoms with Crippen LogP contribution in [-0.2, 0) is 4.79 Å². The fourth-order valence-corrected chi connectivity index (χ4v) is 3.47. The maximum atomic E-state index is 12.8. The predicted molar refractivity (Wildman–Crippen MR) is 88.7 cm³/mol. The summed E-state index contributed by atoms with van der Waals surface area (Å²) in [5.41, 5.74) is -1.14. The summed E-state index contributed by atoms with van der Waals surface area (Å²) in [5, 5.41) is 19.5. The summed E-state index contributed by atoms with van der Waals surface area (Å²) in [7, 11) is 0. The number of halogens is 1. The number of benzene rings is 1. The number of Topliss-reactive ketones (excluding diaryl/α,β-unsaturated/α-hetero) is 1. The van der Waals surface area contributed by atoms with Gasteiger partial charge < -0.3 is 10.2 Å². The number of nitrogens with zero attached hydrogens (tertiary/aromatic N) is 1. The van der Waals surface area contributed by atoms with Crippen LogP contribution in [0.25, 0.3) is 0 Å². The smallest absolute Gasteiger partial charge is 0.480 e. The summed E-state index contributed by atoms with van der Waals surface area (Å²) in [6, 6.07) is 4.38. The van der Waals surface area contributed by atoms with E-state index in [9.17, 15) is 24.6 Å². The van der Waals surface area contributed by atoms with Crippen molar-refractivity contribution >= 4 is 39.5 Å². The number of rotatable bonds is 2. The summed E-state index contributed by atoms with van der Waals surface area (Å²) < 4.78 is 0.177. The van der Waals surface area contributed by atoms with Crippen LogP contribution in [0.1, 0.15) is 37.6 Å². The zero-order valence-electron chi connectivity index (χ0n) is 13.2. The highest BCUT2D eigenvalue weighted by Gasteiger charge is 2.54. The Balaban J connectivity index is 2.85. The SMILES string of the molecule is CC(C)[N+]1(C(=O)O)CCC(C)(C(=O)O)C(=O)c2ccc(Br)cc21. The van der Waals surface area contributed by atoms with Gasteiger partial charge >= 0.3 is 12.1 Å². The molecule has 1 aromatic rings. The van der Waals surface area contributed by atoms with Crippen LogP contribution in [0.15, 0.2) is 22.7 Å². The van der Waals surface area contributed by atoms with E-state index in [1.807, 2.05) is 0 Å². The van der Waals surface area contributed by atoms with Crippen LogP contribution in [0.5, 0.6) is 0 Å². The Labute approximate surface area is 142 Å². The minimum atomic E-state index is -1.63. The molecule has 1 heterocycles. The first-order valence-electron chi connectivity index (χ1n) is 7.27. The molecule has 0 fully saturated rings. The van der Waals surface area contributed by atoms with Gasteiger partial charge in [-0.2, -0.15) is 9.28 Å². The number of aliphatic carboxylic acids is 1. The van der Waals surface area contributed by atoms with Gasteiger partial charge in [0, 0.05) is 17.0 Å². The van der Waals surface area contributed by atoms with E-state index in [2.05, 4.69) is 15.9 Å². The molecule has 1 amide bonds. The van der Waals surface area contributed by atoms with Gasteiger partial charge in [-0.1, -0.05) is 15.9 Å². The van der Waals surface area contributed by atoms with Crippen LogP contribution in [0, 0.1) is 5.41 Å². The van der Waals surface area contributed by atoms with Crippen molar-refractivity contribution in [3.05, 3.63) is 28.2 Å². The molecule has 2 atom stereocenters. The van der Waals surface area contributed by atoms with Crippen LogP contribution < -0.4 is 4.48 Å². The van der Waals surface area contributed by atoms with Crippen LogP contribution in [-0.4, -0.2) is 40.6 Å². The zero-order valence-corrected chi connectivity index (χ0v) is 14.8. The monoisotopic (exact) mass is 384 g/mol. The molecular weight excluding hydrogens is 366 g/mol. The van der Waals surface area contributed by atoms with Crippen LogP contribution in [0.2, 0.25) is 0 Å². The molecule has 6 nitrogen and oxygen atoms in total. The van der Waals surface area contributed by atoms with Gasteiger partial charge in [-0.25, -0.2) is 0 Å². The van der Waals surface area contributed by atoms with E-state index in [1.54, 1.807) is 26.0 Å². The molecular formula is C16H19BrNO5+. The number of hydrogen-bond donors (Lipinski definition) is 2. The molecule has 23 heavy (non-hydrogen) atoms. The first-order valence-corrected chi connectivity index (χ1v) is 8.06. The van der Waals surface area contributed by atoms with Gasteiger partial charge in [0.05, 0.1) is 18.2 Å². The van der Waals surface area contributed by atoms with E-state index in [-0.39, 0.29) is 24.6 Å². The van der Waals surface area contributed by atoms with E-state index in [4.69, 9.17) is 0 Å². The van der Waals surface area contributed by atoms with E-state index < -0.39 is 27.7 Å². The van der Waals surface area contributed by atoms with Gasteiger partial charge in [-0.3, -0.25) is 9.59 Å². The molecule has 1 aliphatic rings. The average Bonchev–Trinajstić information content (AvgIpc) is 2.55. The van der Waals surface area contributed by atoms with E-state index in [0.717, 1.165) is 0 Å². The molecule has 1 aromatic carbocycles. The molecule has 0 radical (unpaired) electrons. The van der Waals surface area contributed by atoms with Gasteiger partial charge in [0.25, 0.3) is 0 Å². The van der Waals surface area contributed by atoms with Crippen molar-refractivity contribution in [2.45, 2.75) is 33.2 Å². The number of amides is 1. The van der Waals surface area contributed by atoms with Crippen molar-refractivity contribution in [2.75, 3.05) is 6.54 Å². The van der Waals surface area contributed by atoms with Gasteiger partial charge in [0.1, 0.15) is 5.41 Å². The number of ketones is 1. The van der Waals surface area contributed by atoms with Crippen molar-refractivity contribution in [1.29, 1.82) is 0 Å². The normalized spacial score (nSPS) is 27.4. The minimum absolute atomic E-state index is 0.0327. The van der Waals surface area contributed by atoms with Crippen molar-refractivity contribution in [3.8, 4) is 0 Å². The Kier molecular flexibility index (Phi) is 4.38. The standard InChI is InChI=1S/C16H18BrNO5/c1-9(2)18(15(22)23)7-6-16(3,14(20)21)13(19)11-5-4-10(17)8-12(11)18/h4-5,8-9H,6-7H2,1-3H3,(H-,20,21,22,23)/p+1. The highest BCUT2D eigenvalue weighted by Crippen LogP contribution is 2.42.